The van der Waals surface area contributed by atoms with Crippen LogP contribution >= 0.6 is 0 Å². The third-order valence-corrected chi connectivity index (χ3v) is 2.15. The van der Waals surface area contributed by atoms with E-state index in [1.54, 1.807) is 12.1 Å². The Morgan fingerprint density at radius 1 is 1.19 bits per heavy atom. The standard InChI is InChI=1S/C12H13FO3/c1-9-2-4-10(5-3-9)11(14)6-7-12(15)16-8-13/h2-5H,6-8H2,1H3. The second-order valence-corrected chi connectivity index (χ2v) is 3.41. The minimum absolute atomic E-state index is 0.0435. The van der Waals surface area contributed by atoms with Crippen LogP contribution in [0, 0.1) is 6.92 Å². The van der Waals surface area contributed by atoms with E-state index in [-0.39, 0.29) is 18.6 Å². The van der Waals surface area contributed by atoms with Crippen LogP contribution in [-0.4, -0.2) is 18.6 Å². The fraction of sp³-hybridized carbons (Fsp3) is 0.333. The van der Waals surface area contributed by atoms with Crippen molar-refractivity contribution in [2.24, 2.45) is 0 Å². The van der Waals surface area contributed by atoms with Gasteiger partial charge in [-0.05, 0) is 6.92 Å². The van der Waals surface area contributed by atoms with Crippen molar-refractivity contribution >= 4 is 11.8 Å². The molecule has 4 heteroatoms. The van der Waals surface area contributed by atoms with E-state index in [1.807, 2.05) is 19.1 Å². The average molecular weight is 224 g/mol. The molecule has 0 aliphatic heterocycles. The van der Waals surface area contributed by atoms with Gasteiger partial charge in [-0.15, -0.1) is 0 Å². The normalized spacial score (nSPS) is 9.88. The zero-order valence-electron chi connectivity index (χ0n) is 9.03. The summed E-state index contributed by atoms with van der Waals surface area (Å²) in [6.45, 7) is 0.782. The molecule has 3 nitrogen and oxygen atoms in total. The molecule has 0 N–H and O–H groups in total. The fourth-order valence-corrected chi connectivity index (χ4v) is 1.23. The molecule has 0 atom stereocenters. The molecule has 0 aliphatic carbocycles. The van der Waals surface area contributed by atoms with Crippen molar-refractivity contribution in [1.82, 2.24) is 0 Å². The highest BCUT2D eigenvalue weighted by Gasteiger charge is 2.09. The summed E-state index contributed by atoms with van der Waals surface area (Å²) in [4.78, 5) is 22.4. The highest BCUT2D eigenvalue weighted by molar-refractivity contribution is 5.97. The number of benzene rings is 1. The first kappa shape index (κ1) is 12.4. The highest BCUT2D eigenvalue weighted by atomic mass is 19.1. The molecule has 0 spiro atoms. The van der Waals surface area contributed by atoms with E-state index >= 15 is 0 Å². The average Bonchev–Trinajstić information content (AvgIpc) is 2.27. The van der Waals surface area contributed by atoms with E-state index in [4.69, 9.17) is 0 Å². The number of alkyl halides is 1. The van der Waals surface area contributed by atoms with Crippen molar-refractivity contribution in [2.45, 2.75) is 19.8 Å². The Morgan fingerprint density at radius 3 is 2.38 bits per heavy atom. The molecular formula is C12H13FO3. The maximum Gasteiger partial charge on any atom is 0.308 e. The monoisotopic (exact) mass is 224 g/mol. The van der Waals surface area contributed by atoms with E-state index in [1.165, 1.54) is 0 Å². The van der Waals surface area contributed by atoms with Crippen molar-refractivity contribution in [3.05, 3.63) is 35.4 Å². The lowest BCUT2D eigenvalue weighted by molar-refractivity contribution is -0.147. The van der Waals surface area contributed by atoms with Crippen molar-refractivity contribution < 1.29 is 18.7 Å². The second kappa shape index (κ2) is 6.00. The number of hydrogen-bond acceptors (Lipinski definition) is 3. The molecule has 0 unspecified atom stereocenters. The van der Waals surface area contributed by atoms with E-state index in [0.29, 0.717) is 5.56 Å². The first-order valence-corrected chi connectivity index (χ1v) is 4.95. The molecular weight excluding hydrogens is 211 g/mol. The van der Waals surface area contributed by atoms with Crippen LogP contribution in [0.2, 0.25) is 0 Å². The number of esters is 1. The zero-order valence-corrected chi connectivity index (χ0v) is 9.03. The lowest BCUT2D eigenvalue weighted by Gasteiger charge is -2.01. The number of carbonyl (C=O) groups is 2. The number of hydrogen-bond donors (Lipinski definition) is 0. The predicted molar refractivity (Wildman–Crippen MR) is 56.8 cm³/mol. The molecule has 0 aliphatic rings. The summed E-state index contributed by atoms with van der Waals surface area (Å²) >= 11 is 0. The summed E-state index contributed by atoms with van der Waals surface area (Å²) in [5.74, 6) is -0.834. The third-order valence-electron chi connectivity index (χ3n) is 2.15. The number of ketones is 1. The second-order valence-electron chi connectivity index (χ2n) is 3.41. The Kier molecular flexibility index (Phi) is 4.64. The molecule has 16 heavy (non-hydrogen) atoms. The summed E-state index contributed by atoms with van der Waals surface area (Å²) in [6.07, 6.45) is -0.0431. The van der Waals surface area contributed by atoms with Gasteiger partial charge in [-0.25, -0.2) is 4.39 Å². The molecule has 86 valence electrons. The molecule has 0 saturated carbocycles. The fourth-order valence-electron chi connectivity index (χ4n) is 1.23. The van der Waals surface area contributed by atoms with Crippen molar-refractivity contribution in [2.75, 3.05) is 6.86 Å². The molecule has 0 radical (unpaired) electrons. The van der Waals surface area contributed by atoms with Crippen molar-refractivity contribution in [3.63, 3.8) is 0 Å². The predicted octanol–water partition coefficient (Wildman–Crippen LogP) is 2.43. The van der Waals surface area contributed by atoms with Gasteiger partial charge in [0.1, 0.15) is 0 Å². The molecule has 1 aromatic carbocycles. The first-order chi connectivity index (χ1) is 7.63. The lowest BCUT2D eigenvalue weighted by atomic mass is 10.1. The summed E-state index contributed by atoms with van der Waals surface area (Å²) in [5.41, 5.74) is 1.62. The van der Waals surface area contributed by atoms with Crippen LogP contribution in [0.5, 0.6) is 0 Å². The molecule has 0 saturated heterocycles. The minimum Gasteiger partial charge on any atom is -0.434 e. The number of carbonyl (C=O) groups excluding carboxylic acids is 2. The van der Waals surface area contributed by atoms with Gasteiger partial charge in [0.25, 0.3) is 0 Å². The van der Waals surface area contributed by atoms with Crippen LogP contribution in [0.1, 0.15) is 28.8 Å². The summed E-state index contributed by atoms with van der Waals surface area (Å²) < 4.78 is 15.7. The number of aryl methyl sites for hydroxylation is 1. The topological polar surface area (TPSA) is 43.4 Å². The van der Waals surface area contributed by atoms with Gasteiger partial charge in [0, 0.05) is 12.0 Å². The van der Waals surface area contributed by atoms with Gasteiger partial charge in [0.15, 0.2) is 5.78 Å². The van der Waals surface area contributed by atoms with E-state index in [0.717, 1.165) is 5.56 Å². The van der Waals surface area contributed by atoms with Crippen LogP contribution in [0.3, 0.4) is 0 Å². The van der Waals surface area contributed by atoms with Crippen LogP contribution in [0.15, 0.2) is 24.3 Å². The Labute approximate surface area is 93.2 Å². The molecule has 0 aromatic heterocycles. The first-order valence-electron chi connectivity index (χ1n) is 4.95. The molecule has 0 heterocycles. The molecule has 0 fully saturated rings. The van der Waals surface area contributed by atoms with Crippen LogP contribution in [0.4, 0.5) is 4.39 Å². The Bertz CT molecular complexity index is 370. The largest absolute Gasteiger partial charge is 0.434 e. The quantitative estimate of drug-likeness (QED) is 0.570. The molecule has 1 rings (SSSR count). The molecule has 0 bridgehead atoms. The summed E-state index contributed by atoms with van der Waals surface area (Å²) in [7, 11) is 0. The zero-order chi connectivity index (χ0) is 12.0. The van der Waals surface area contributed by atoms with Crippen molar-refractivity contribution in [1.29, 1.82) is 0 Å². The number of halogens is 1. The lowest BCUT2D eigenvalue weighted by Crippen LogP contribution is -2.07. The highest BCUT2D eigenvalue weighted by Crippen LogP contribution is 2.08. The Morgan fingerprint density at radius 2 is 1.81 bits per heavy atom. The maximum atomic E-state index is 11.6. The minimum atomic E-state index is -1.14. The van der Waals surface area contributed by atoms with Gasteiger partial charge in [-0.1, -0.05) is 29.8 Å². The van der Waals surface area contributed by atoms with E-state index < -0.39 is 12.8 Å². The van der Waals surface area contributed by atoms with Gasteiger partial charge < -0.3 is 4.74 Å². The number of ether oxygens (including phenoxy) is 1. The third kappa shape index (κ3) is 3.81. The van der Waals surface area contributed by atoms with Crippen LogP contribution in [-0.2, 0) is 9.53 Å². The van der Waals surface area contributed by atoms with E-state index in [2.05, 4.69) is 4.74 Å². The Balaban J connectivity index is 2.47. The Hall–Kier alpha value is -1.71. The van der Waals surface area contributed by atoms with Crippen LogP contribution < -0.4 is 0 Å². The van der Waals surface area contributed by atoms with Gasteiger partial charge in [-0.2, -0.15) is 0 Å². The number of Topliss-reactive ketones (excluding diaryl/α,β-unsaturated/α-hetero) is 1. The molecule has 1 aromatic rings. The molecule has 0 amide bonds. The van der Waals surface area contributed by atoms with Gasteiger partial charge in [0.2, 0.25) is 6.86 Å². The van der Waals surface area contributed by atoms with Gasteiger partial charge in [0.05, 0.1) is 6.42 Å². The van der Waals surface area contributed by atoms with Crippen LogP contribution in [0.25, 0.3) is 0 Å². The van der Waals surface area contributed by atoms with Crippen molar-refractivity contribution in [3.8, 4) is 0 Å². The maximum absolute atomic E-state index is 11.6. The number of rotatable bonds is 5. The smallest absolute Gasteiger partial charge is 0.308 e. The van der Waals surface area contributed by atoms with Gasteiger partial charge in [-0.3, -0.25) is 9.59 Å². The van der Waals surface area contributed by atoms with Gasteiger partial charge >= 0.3 is 5.97 Å². The summed E-state index contributed by atoms with van der Waals surface area (Å²) in [6, 6.07) is 7.07. The summed E-state index contributed by atoms with van der Waals surface area (Å²) in [5, 5.41) is 0. The van der Waals surface area contributed by atoms with E-state index in [9.17, 15) is 14.0 Å². The SMILES string of the molecule is Cc1ccc(C(=O)CCC(=O)OCF)cc1.